The van der Waals surface area contributed by atoms with Crippen molar-refractivity contribution >= 4 is 0 Å². The molecule has 0 atom stereocenters. The number of nitrogens with two attached hydrogens (primary N) is 1. The Morgan fingerprint density at radius 3 is 2.46 bits per heavy atom. The van der Waals surface area contributed by atoms with E-state index >= 15 is 0 Å². The van der Waals surface area contributed by atoms with E-state index in [1.54, 1.807) is 0 Å². The van der Waals surface area contributed by atoms with E-state index in [1.807, 2.05) is 0 Å². The third kappa shape index (κ3) is 4.10. The fourth-order valence-corrected chi connectivity index (χ4v) is 1.85. The minimum atomic E-state index is 0.311. The number of hydrogen-bond donors (Lipinski definition) is 2. The Balaban J connectivity index is 2.06. The van der Waals surface area contributed by atoms with Gasteiger partial charge in [0.15, 0.2) is 0 Å². The predicted molar refractivity (Wildman–Crippen MR) is 57.7 cm³/mol. The third-order valence-corrected chi connectivity index (χ3v) is 3.14. The molecule has 0 amide bonds. The van der Waals surface area contributed by atoms with E-state index < -0.39 is 0 Å². The summed E-state index contributed by atoms with van der Waals surface area (Å²) in [5.74, 6) is 0. The maximum Gasteiger partial charge on any atom is 0.00670 e. The van der Waals surface area contributed by atoms with E-state index in [2.05, 4.69) is 19.2 Å². The predicted octanol–water partition coefficient (Wildman–Crippen LogP) is 1.89. The van der Waals surface area contributed by atoms with Crippen LogP contribution in [0, 0.1) is 5.41 Å². The Morgan fingerprint density at radius 2 is 1.92 bits per heavy atom. The van der Waals surface area contributed by atoms with Crippen LogP contribution in [0.25, 0.3) is 0 Å². The molecular formula is C11H24N2. The molecule has 1 rings (SSSR count). The summed E-state index contributed by atoms with van der Waals surface area (Å²) in [7, 11) is 0. The molecule has 0 bridgehead atoms. The first kappa shape index (κ1) is 11.0. The van der Waals surface area contributed by atoms with Gasteiger partial charge in [-0.05, 0) is 37.8 Å². The van der Waals surface area contributed by atoms with Crippen LogP contribution in [0.15, 0.2) is 0 Å². The second-order valence-corrected chi connectivity index (χ2v) is 5.05. The molecule has 78 valence electrons. The maximum absolute atomic E-state index is 5.67. The van der Waals surface area contributed by atoms with Crippen molar-refractivity contribution in [2.45, 2.75) is 52.0 Å². The quantitative estimate of drug-likeness (QED) is 0.685. The molecule has 1 fully saturated rings. The first-order valence-electron chi connectivity index (χ1n) is 5.57. The van der Waals surface area contributed by atoms with Gasteiger partial charge in [-0.15, -0.1) is 0 Å². The lowest BCUT2D eigenvalue weighted by Crippen LogP contribution is -2.32. The van der Waals surface area contributed by atoms with Gasteiger partial charge in [-0.3, -0.25) is 0 Å². The second kappa shape index (κ2) is 4.97. The van der Waals surface area contributed by atoms with Crippen LogP contribution in [0.2, 0.25) is 0 Å². The molecule has 0 aromatic carbocycles. The highest BCUT2D eigenvalue weighted by atomic mass is 14.9. The summed E-state index contributed by atoms with van der Waals surface area (Å²) in [6, 6.07) is 0.800. The molecule has 1 saturated carbocycles. The Labute approximate surface area is 82.3 Å². The first-order chi connectivity index (χ1) is 6.14. The highest BCUT2D eigenvalue weighted by Gasteiger charge is 2.17. The summed E-state index contributed by atoms with van der Waals surface area (Å²) < 4.78 is 0. The van der Waals surface area contributed by atoms with Crippen molar-refractivity contribution < 1.29 is 0 Å². The summed E-state index contributed by atoms with van der Waals surface area (Å²) in [6.45, 7) is 6.40. The van der Waals surface area contributed by atoms with Crippen molar-refractivity contribution in [3.05, 3.63) is 0 Å². The lowest BCUT2D eigenvalue weighted by molar-refractivity contribution is 0.329. The molecule has 0 saturated heterocycles. The molecule has 0 heterocycles. The molecule has 1 aliphatic rings. The van der Waals surface area contributed by atoms with E-state index in [4.69, 9.17) is 5.73 Å². The monoisotopic (exact) mass is 184 g/mol. The summed E-state index contributed by atoms with van der Waals surface area (Å²) in [4.78, 5) is 0. The van der Waals surface area contributed by atoms with E-state index in [9.17, 15) is 0 Å². The van der Waals surface area contributed by atoms with Gasteiger partial charge in [0.2, 0.25) is 0 Å². The molecule has 0 spiro atoms. The van der Waals surface area contributed by atoms with Crippen LogP contribution in [0.4, 0.5) is 0 Å². The Hall–Kier alpha value is -0.0800. The number of rotatable bonds is 5. The van der Waals surface area contributed by atoms with Gasteiger partial charge in [0.1, 0.15) is 0 Å². The zero-order valence-corrected chi connectivity index (χ0v) is 9.10. The molecule has 13 heavy (non-hydrogen) atoms. The summed E-state index contributed by atoms with van der Waals surface area (Å²) in [5, 5.41) is 3.62. The standard InChI is InChI=1S/C11H24N2/c1-11(2,9-12)7-8-13-10-5-3-4-6-10/h10,13H,3-9,12H2,1-2H3. The van der Waals surface area contributed by atoms with Crippen LogP contribution in [0.5, 0.6) is 0 Å². The van der Waals surface area contributed by atoms with Crippen molar-refractivity contribution in [1.29, 1.82) is 0 Å². The smallest absolute Gasteiger partial charge is 0.00670 e. The third-order valence-electron chi connectivity index (χ3n) is 3.14. The molecule has 0 unspecified atom stereocenters. The highest BCUT2D eigenvalue weighted by Crippen LogP contribution is 2.20. The van der Waals surface area contributed by atoms with Gasteiger partial charge in [0, 0.05) is 6.04 Å². The number of hydrogen-bond acceptors (Lipinski definition) is 2. The van der Waals surface area contributed by atoms with Gasteiger partial charge in [0.25, 0.3) is 0 Å². The van der Waals surface area contributed by atoms with E-state index in [0.29, 0.717) is 5.41 Å². The van der Waals surface area contributed by atoms with Crippen LogP contribution < -0.4 is 11.1 Å². The Bertz CT molecular complexity index is 137. The number of nitrogens with one attached hydrogen (secondary N) is 1. The van der Waals surface area contributed by atoms with Gasteiger partial charge in [-0.2, -0.15) is 0 Å². The molecule has 0 aliphatic heterocycles. The Kier molecular flexibility index (Phi) is 4.20. The van der Waals surface area contributed by atoms with Crippen molar-refractivity contribution in [2.24, 2.45) is 11.1 Å². The molecule has 2 nitrogen and oxygen atoms in total. The minimum absolute atomic E-state index is 0.311. The topological polar surface area (TPSA) is 38.0 Å². The van der Waals surface area contributed by atoms with E-state index in [-0.39, 0.29) is 0 Å². The fraction of sp³-hybridized carbons (Fsp3) is 1.00. The fourth-order valence-electron chi connectivity index (χ4n) is 1.85. The van der Waals surface area contributed by atoms with Crippen LogP contribution in [0.3, 0.4) is 0 Å². The molecule has 0 aromatic rings. The van der Waals surface area contributed by atoms with Gasteiger partial charge in [-0.1, -0.05) is 26.7 Å². The zero-order chi connectivity index (χ0) is 9.73. The Morgan fingerprint density at radius 1 is 1.31 bits per heavy atom. The van der Waals surface area contributed by atoms with Crippen LogP contribution in [-0.4, -0.2) is 19.1 Å². The first-order valence-corrected chi connectivity index (χ1v) is 5.57. The molecule has 3 N–H and O–H groups in total. The van der Waals surface area contributed by atoms with Gasteiger partial charge < -0.3 is 11.1 Å². The second-order valence-electron chi connectivity index (χ2n) is 5.05. The van der Waals surface area contributed by atoms with Crippen molar-refractivity contribution in [2.75, 3.05) is 13.1 Å². The average Bonchev–Trinajstić information content (AvgIpc) is 2.57. The lowest BCUT2D eigenvalue weighted by Gasteiger charge is -2.23. The molecule has 0 aromatic heterocycles. The largest absolute Gasteiger partial charge is 0.330 e. The maximum atomic E-state index is 5.67. The molecular weight excluding hydrogens is 160 g/mol. The van der Waals surface area contributed by atoms with E-state index in [1.165, 1.54) is 32.1 Å². The highest BCUT2D eigenvalue weighted by molar-refractivity contribution is 4.76. The molecule has 0 radical (unpaired) electrons. The van der Waals surface area contributed by atoms with Crippen molar-refractivity contribution in [3.8, 4) is 0 Å². The van der Waals surface area contributed by atoms with Gasteiger partial charge in [-0.25, -0.2) is 0 Å². The summed E-state index contributed by atoms with van der Waals surface area (Å²) >= 11 is 0. The minimum Gasteiger partial charge on any atom is -0.330 e. The van der Waals surface area contributed by atoms with Crippen molar-refractivity contribution in [1.82, 2.24) is 5.32 Å². The van der Waals surface area contributed by atoms with E-state index in [0.717, 1.165) is 19.1 Å². The van der Waals surface area contributed by atoms with Crippen LogP contribution in [-0.2, 0) is 0 Å². The van der Waals surface area contributed by atoms with Gasteiger partial charge in [0.05, 0.1) is 0 Å². The molecule has 1 aliphatic carbocycles. The zero-order valence-electron chi connectivity index (χ0n) is 9.10. The molecule has 2 heteroatoms. The SMILES string of the molecule is CC(C)(CN)CCNC1CCCC1. The average molecular weight is 184 g/mol. The lowest BCUT2D eigenvalue weighted by atomic mass is 9.89. The summed E-state index contributed by atoms with van der Waals surface area (Å²) in [6.07, 6.45) is 6.78. The summed E-state index contributed by atoms with van der Waals surface area (Å²) in [5.41, 5.74) is 5.98. The van der Waals surface area contributed by atoms with Crippen LogP contribution >= 0.6 is 0 Å². The van der Waals surface area contributed by atoms with Crippen molar-refractivity contribution in [3.63, 3.8) is 0 Å². The van der Waals surface area contributed by atoms with Gasteiger partial charge >= 0.3 is 0 Å². The normalized spacial score (nSPS) is 19.6. The van der Waals surface area contributed by atoms with Crippen LogP contribution in [0.1, 0.15) is 46.0 Å².